The van der Waals surface area contributed by atoms with Gasteiger partial charge in [0.15, 0.2) is 0 Å². The van der Waals surface area contributed by atoms with Gasteiger partial charge in [0.05, 0.1) is 12.0 Å². The molecule has 3 unspecified atom stereocenters. The maximum absolute atomic E-state index is 11.1. The Morgan fingerprint density at radius 3 is 2.81 bits per heavy atom. The monoisotopic (exact) mass is 229 g/mol. The molecule has 0 heterocycles. The molecule has 1 rings (SSSR count). The van der Waals surface area contributed by atoms with Crippen molar-refractivity contribution in [2.45, 2.75) is 38.7 Å². The topological polar surface area (TPSA) is 58.6 Å². The van der Waals surface area contributed by atoms with Gasteiger partial charge in [-0.15, -0.1) is 0 Å². The summed E-state index contributed by atoms with van der Waals surface area (Å²) in [7, 11) is 1.69. The minimum absolute atomic E-state index is 0.154. The van der Waals surface area contributed by atoms with E-state index in [1.807, 2.05) is 6.92 Å². The lowest BCUT2D eigenvalue weighted by atomic mass is 9.79. The number of aliphatic carboxylic acids is 1. The number of carbonyl (C=O) groups is 1. The van der Waals surface area contributed by atoms with Crippen LogP contribution in [0.25, 0.3) is 0 Å². The van der Waals surface area contributed by atoms with Crippen LogP contribution in [-0.4, -0.2) is 37.4 Å². The summed E-state index contributed by atoms with van der Waals surface area (Å²) in [6.45, 7) is 3.59. The Labute approximate surface area is 97.4 Å². The number of ether oxygens (including phenoxy) is 1. The van der Waals surface area contributed by atoms with Crippen LogP contribution < -0.4 is 5.32 Å². The van der Waals surface area contributed by atoms with Crippen LogP contribution in [0, 0.1) is 11.8 Å². The third-order valence-electron chi connectivity index (χ3n) is 3.47. The zero-order chi connectivity index (χ0) is 12.0. The van der Waals surface area contributed by atoms with Gasteiger partial charge in [-0.2, -0.15) is 0 Å². The van der Waals surface area contributed by atoms with Gasteiger partial charge >= 0.3 is 5.97 Å². The summed E-state index contributed by atoms with van der Waals surface area (Å²) >= 11 is 0. The fourth-order valence-electron chi connectivity index (χ4n) is 2.33. The van der Waals surface area contributed by atoms with Crippen molar-refractivity contribution in [3.05, 3.63) is 0 Å². The first-order valence-electron chi connectivity index (χ1n) is 6.11. The molecule has 1 fully saturated rings. The van der Waals surface area contributed by atoms with E-state index in [1.54, 1.807) is 7.11 Å². The van der Waals surface area contributed by atoms with Gasteiger partial charge in [0.1, 0.15) is 0 Å². The maximum Gasteiger partial charge on any atom is 0.306 e. The summed E-state index contributed by atoms with van der Waals surface area (Å²) in [5.74, 6) is -0.499. The number of carboxylic acids is 1. The second kappa shape index (κ2) is 6.86. The lowest BCUT2D eigenvalue weighted by Crippen LogP contribution is -2.37. The van der Waals surface area contributed by atoms with E-state index in [0.717, 1.165) is 38.8 Å². The molecule has 0 aromatic heterocycles. The van der Waals surface area contributed by atoms with Crippen LogP contribution in [-0.2, 0) is 9.53 Å². The van der Waals surface area contributed by atoms with Crippen LogP contribution in [0.1, 0.15) is 32.6 Å². The predicted molar refractivity (Wildman–Crippen MR) is 62.4 cm³/mol. The van der Waals surface area contributed by atoms with Crippen LogP contribution in [0.5, 0.6) is 0 Å². The van der Waals surface area contributed by atoms with Crippen LogP contribution in [0.3, 0.4) is 0 Å². The number of nitrogens with one attached hydrogen (secondary N) is 1. The van der Waals surface area contributed by atoms with Crippen LogP contribution >= 0.6 is 0 Å². The van der Waals surface area contributed by atoms with Crippen LogP contribution in [0.15, 0.2) is 0 Å². The van der Waals surface area contributed by atoms with Crippen molar-refractivity contribution < 1.29 is 14.6 Å². The van der Waals surface area contributed by atoms with Crippen LogP contribution in [0.4, 0.5) is 0 Å². The molecule has 0 aromatic carbocycles. The molecule has 1 aliphatic carbocycles. The van der Waals surface area contributed by atoms with E-state index in [1.165, 1.54) is 0 Å². The number of carboxylic acid groups (broad SMARTS) is 1. The lowest BCUT2D eigenvalue weighted by Gasteiger charge is -2.29. The van der Waals surface area contributed by atoms with Gasteiger partial charge in [0, 0.05) is 13.7 Å². The minimum atomic E-state index is -0.633. The molecule has 0 saturated heterocycles. The Bertz CT molecular complexity index is 220. The number of methoxy groups -OCH3 is 1. The Morgan fingerprint density at radius 1 is 1.50 bits per heavy atom. The van der Waals surface area contributed by atoms with E-state index < -0.39 is 5.97 Å². The molecule has 0 bridgehead atoms. The first-order chi connectivity index (χ1) is 7.65. The highest BCUT2D eigenvalue weighted by molar-refractivity contribution is 5.70. The van der Waals surface area contributed by atoms with Crippen molar-refractivity contribution in [3.63, 3.8) is 0 Å². The summed E-state index contributed by atoms with van der Waals surface area (Å²) in [5.41, 5.74) is 0. The summed E-state index contributed by atoms with van der Waals surface area (Å²) in [6.07, 6.45) is 4.27. The second-order valence-corrected chi connectivity index (χ2v) is 4.69. The molecular formula is C12H23NO3. The molecule has 0 spiro atoms. The van der Waals surface area contributed by atoms with Crippen molar-refractivity contribution >= 4 is 5.97 Å². The molecule has 4 nitrogen and oxygen atoms in total. The molecule has 1 aliphatic rings. The quantitative estimate of drug-likeness (QED) is 0.724. The molecule has 4 heteroatoms. The minimum Gasteiger partial charge on any atom is -0.481 e. The van der Waals surface area contributed by atoms with Crippen molar-refractivity contribution in [2.75, 3.05) is 20.2 Å². The smallest absolute Gasteiger partial charge is 0.306 e. The molecule has 0 amide bonds. The lowest BCUT2D eigenvalue weighted by molar-refractivity contribution is -0.144. The molecule has 0 radical (unpaired) electrons. The summed E-state index contributed by atoms with van der Waals surface area (Å²) in [5, 5.41) is 12.4. The zero-order valence-corrected chi connectivity index (χ0v) is 10.2. The molecule has 1 saturated carbocycles. The molecule has 0 aromatic rings. The number of hydrogen-bond acceptors (Lipinski definition) is 3. The Kier molecular flexibility index (Phi) is 5.77. The van der Waals surface area contributed by atoms with E-state index in [0.29, 0.717) is 0 Å². The van der Waals surface area contributed by atoms with Crippen molar-refractivity contribution in [2.24, 2.45) is 11.8 Å². The normalized spacial score (nSPS) is 27.6. The molecule has 16 heavy (non-hydrogen) atoms. The van der Waals surface area contributed by atoms with Crippen molar-refractivity contribution in [1.29, 1.82) is 0 Å². The third kappa shape index (κ3) is 4.10. The van der Waals surface area contributed by atoms with E-state index >= 15 is 0 Å². The third-order valence-corrected chi connectivity index (χ3v) is 3.47. The van der Waals surface area contributed by atoms with E-state index in [-0.39, 0.29) is 17.9 Å². The van der Waals surface area contributed by atoms with Gasteiger partial charge in [0.2, 0.25) is 0 Å². The van der Waals surface area contributed by atoms with Gasteiger partial charge in [-0.05, 0) is 32.2 Å². The maximum atomic E-state index is 11.1. The van der Waals surface area contributed by atoms with Gasteiger partial charge in [0.25, 0.3) is 0 Å². The van der Waals surface area contributed by atoms with Crippen molar-refractivity contribution in [3.8, 4) is 0 Å². The van der Waals surface area contributed by atoms with Crippen molar-refractivity contribution in [1.82, 2.24) is 5.32 Å². The summed E-state index contributed by atoms with van der Waals surface area (Å²) in [4.78, 5) is 11.1. The highest BCUT2D eigenvalue weighted by atomic mass is 16.5. The first kappa shape index (κ1) is 13.5. The highest BCUT2D eigenvalue weighted by Crippen LogP contribution is 2.29. The molecule has 0 aliphatic heterocycles. The standard InChI is InChI=1S/C12H23NO3/c1-9(16-2)7-13-8-10-5-3-4-6-11(10)12(14)15/h9-11,13H,3-8H2,1-2H3,(H,14,15). The molecule has 3 atom stereocenters. The van der Waals surface area contributed by atoms with E-state index in [2.05, 4.69) is 5.32 Å². The Balaban J connectivity index is 2.30. The van der Waals surface area contributed by atoms with E-state index in [9.17, 15) is 4.79 Å². The highest BCUT2D eigenvalue weighted by Gasteiger charge is 2.30. The fourth-order valence-corrected chi connectivity index (χ4v) is 2.33. The Morgan fingerprint density at radius 2 is 2.19 bits per heavy atom. The average Bonchev–Trinajstić information content (AvgIpc) is 2.29. The van der Waals surface area contributed by atoms with Gasteiger partial charge in [-0.3, -0.25) is 4.79 Å². The first-order valence-corrected chi connectivity index (χ1v) is 6.11. The van der Waals surface area contributed by atoms with Gasteiger partial charge in [-0.1, -0.05) is 12.8 Å². The fraction of sp³-hybridized carbons (Fsp3) is 0.917. The van der Waals surface area contributed by atoms with Gasteiger partial charge < -0.3 is 15.2 Å². The zero-order valence-electron chi connectivity index (χ0n) is 10.2. The average molecular weight is 229 g/mol. The van der Waals surface area contributed by atoms with E-state index in [4.69, 9.17) is 9.84 Å². The Hall–Kier alpha value is -0.610. The number of hydrogen-bond donors (Lipinski definition) is 2. The summed E-state index contributed by atoms with van der Waals surface area (Å²) in [6, 6.07) is 0. The second-order valence-electron chi connectivity index (χ2n) is 4.69. The molecular weight excluding hydrogens is 206 g/mol. The SMILES string of the molecule is COC(C)CNCC1CCCCC1C(=O)O. The van der Waals surface area contributed by atoms with Crippen LogP contribution in [0.2, 0.25) is 0 Å². The molecule has 2 N–H and O–H groups in total. The molecule has 94 valence electrons. The predicted octanol–water partition coefficient (Wildman–Crippen LogP) is 1.50. The van der Waals surface area contributed by atoms with Gasteiger partial charge in [-0.25, -0.2) is 0 Å². The largest absolute Gasteiger partial charge is 0.481 e. The summed E-state index contributed by atoms with van der Waals surface area (Å²) < 4.78 is 5.14. The number of rotatable bonds is 6.